The van der Waals surface area contributed by atoms with Crippen molar-refractivity contribution in [3.05, 3.63) is 51.2 Å². The second kappa shape index (κ2) is 7.25. The van der Waals surface area contributed by atoms with Crippen molar-refractivity contribution < 1.29 is 14.3 Å². The lowest BCUT2D eigenvalue weighted by atomic mass is 10.3. The zero-order chi connectivity index (χ0) is 17.1. The predicted molar refractivity (Wildman–Crippen MR) is 90.4 cm³/mol. The number of hydrogen-bond acceptors (Lipinski definition) is 3. The van der Waals surface area contributed by atoms with E-state index in [0.29, 0.717) is 10.7 Å². The number of amides is 1. The van der Waals surface area contributed by atoms with E-state index in [1.54, 1.807) is 29.9 Å². The van der Waals surface area contributed by atoms with Crippen LogP contribution in [0.5, 0.6) is 0 Å². The van der Waals surface area contributed by atoms with Crippen LogP contribution in [-0.2, 0) is 16.6 Å². The number of aryl methyl sites for hydroxylation is 1. The fourth-order valence-corrected chi connectivity index (χ4v) is 2.75. The highest BCUT2D eigenvalue weighted by atomic mass is 35.5. The molecule has 2 aromatic rings. The Morgan fingerprint density at radius 2 is 1.83 bits per heavy atom. The molecule has 8 heteroatoms. The SMILES string of the molecule is C[C@@H](OC(=O)c1cccn1C)C(=O)Nc1c(Cl)cc(Cl)cc1Cl. The minimum Gasteiger partial charge on any atom is -0.448 e. The molecule has 0 saturated carbocycles. The average Bonchev–Trinajstić information content (AvgIpc) is 2.88. The lowest BCUT2D eigenvalue weighted by molar-refractivity contribution is -0.123. The monoisotopic (exact) mass is 374 g/mol. The molecule has 2 rings (SSSR count). The third-order valence-corrected chi connectivity index (χ3v) is 3.88. The molecular formula is C15H13Cl3N2O3. The van der Waals surface area contributed by atoms with Crippen LogP contribution in [0.3, 0.4) is 0 Å². The van der Waals surface area contributed by atoms with E-state index in [4.69, 9.17) is 39.5 Å². The minimum absolute atomic E-state index is 0.191. The van der Waals surface area contributed by atoms with E-state index in [1.165, 1.54) is 19.1 Å². The molecule has 5 nitrogen and oxygen atoms in total. The number of nitrogens with one attached hydrogen (secondary N) is 1. The maximum Gasteiger partial charge on any atom is 0.355 e. The molecule has 0 aliphatic rings. The maximum absolute atomic E-state index is 12.1. The molecule has 0 aliphatic carbocycles. The lowest BCUT2D eigenvalue weighted by Crippen LogP contribution is -2.30. The van der Waals surface area contributed by atoms with Crippen LogP contribution in [0.2, 0.25) is 15.1 Å². The van der Waals surface area contributed by atoms with Gasteiger partial charge in [0, 0.05) is 18.3 Å². The average molecular weight is 376 g/mol. The standard InChI is InChI=1S/C15H13Cl3N2O3/c1-8(23-15(22)12-4-3-5-20(12)2)14(21)19-13-10(17)6-9(16)7-11(13)18/h3-8H,1-2H3,(H,19,21)/t8-/m1/s1. The molecule has 0 fully saturated rings. The number of rotatable bonds is 4. The van der Waals surface area contributed by atoms with E-state index in [2.05, 4.69) is 5.32 Å². The van der Waals surface area contributed by atoms with Gasteiger partial charge in [-0.3, -0.25) is 4.79 Å². The Kier molecular flexibility index (Phi) is 5.57. The molecule has 1 N–H and O–H groups in total. The Bertz CT molecular complexity index is 735. The van der Waals surface area contributed by atoms with Gasteiger partial charge in [-0.25, -0.2) is 4.79 Å². The molecule has 0 radical (unpaired) electrons. The number of ether oxygens (including phenoxy) is 1. The van der Waals surface area contributed by atoms with Crippen LogP contribution < -0.4 is 5.32 Å². The molecule has 0 unspecified atom stereocenters. The van der Waals surface area contributed by atoms with Crippen LogP contribution in [-0.4, -0.2) is 22.5 Å². The molecule has 1 aromatic heterocycles. The zero-order valence-corrected chi connectivity index (χ0v) is 14.5. The molecule has 122 valence electrons. The molecule has 0 saturated heterocycles. The first-order valence-corrected chi connectivity index (χ1v) is 7.70. The Hall–Kier alpha value is -1.69. The van der Waals surface area contributed by atoms with Crippen molar-refractivity contribution in [2.75, 3.05) is 5.32 Å². The molecular weight excluding hydrogens is 363 g/mol. The summed E-state index contributed by atoms with van der Waals surface area (Å²) in [5.41, 5.74) is 0.553. The Balaban J connectivity index is 2.06. The number of halogens is 3. The van der Waals surface area contributed by atoms with E-state index in [9.17, 15) is 9.59 Å². The third-order valence-electron chi connectivity index (χ3n) is 3.06. The highest BCUT2D eigenvalue weighted by Crippen LogP contribution is 2.33. The van der Waals surface area contributed by atoms with Gasteiger partial charge in [0.15, 0.2) is 6.10 Å². The van der Waals surface area contributed by atoms with Crippen LogP contribution in [0.1, 0.15) is 17.4 Å². The molecule has 1 amide bonds. The first-order valence-electron chi connectivity index (χ1n) is 6.57. The third kappa shape index (κ3) is 4.19. The van der Waals surface area contributed by atoms with Crippen molar-refractivity contribution in [2.24, 2.45) is 7.05 Å². The van der Waals surface area contributed by atoms with Gasteiger partial charge in [-0.2, -0.15) is 0 Å². The van der Waals surface area contributed by atoms with Crippen molar-refractivity contribution in [1.82, 2.24) is 4.57 Å². The van der Waals surface area contributed by atoms with Crippen LogP contribution in [0.4, 0.5) is 5.69 Å². The number of hydrogen-bond donors (Lipinski definition) is 1. The number of esters is 1. The van der Waals surface area contributed by atoms with E-state index >= 15 is 0 Å². The van der Waals surface area contributed by atoms with Gasteiger partial charge in [0.2, 0.25) is 0 Å². The Labute approximate surface area is 148 Å². The van der Waals surface area contributed by atoms with E-state index in [-0.39, 0.29) is 15.7 Å². The number of anilines is 1. The topological polar surface area (TPSA) is 60.3 Å². The van der Waals surface area contributed by atoms with Crippen molar-refractivity contribution >= 4 is 52.4 Å². The van der Waals surface area contributed by atoms with E-state index in [0.717, 1.165) is 0 Å². The van der Waals surface area contributed by atoms with E-state index < -0.39 is 18.0 Å². The van der Waals surface area contributed by atoms with Crippen molar-refractivity contribution in [3.63, 3.8) is 0 Å². The second-order valence-corrected chi connectivity index (χ2v) is 6.04. The molecule has 1 heterocycles. The summed E-state index contributed by atoms with van der Waals surface area (Å²) >= 11 is 17.8. The van der Waals surface area contributed by atoms with Gasteiger partial charge in [0.05, 0.1) is 15.7 Å². The number of benzene rings is 1. The smallest absolute Gasteiger partial charge is 0.355 e. The van der Waals surface area contributed by atoms with Gasteiger partial charge < -0.3 is 14.6 Å². The normalized spacial score (nSPS) is 11.9. The van der Waals surface area contributed by atoms with Crippen LogP contribution in [0, 0.1) is 0 Å². The predicted octanol–water partition coefficient (Wildman–Crippen LogP) is 4.17. The minimum atomic E-state index is -1.03. The highest BCUT2D eigenvalue weighted by Gasteiger charge is 2.22. The maximum atomic E-state index is 12.1. The van der Waals surface area contributed by atoms with Crippen LogP contribution in [0.25, 0.3) is 0 Å². The Morgan fingerprint density at radius 1 is 1.22 bits per heavy atom. The fourth-order valence-electron chi connectivity index (χ4n) is 1.83. The summed E-state index contributed by atoms with van der Waals surface area (Å²) in [4.78, 5) is 24.1. The van der Waals surface area contributed by atoms with E-state index in [1.807, 2.05) is 0 Å². The van der Waals surface area contributed by atoms with Gasteiger partial charge in [0.25, 0.3) is 5.91 Å². The van der Waals surface area contributed by atoms with Gasteiger partial charge >= 0.3 is 5.97 Å². The second-order valence-electron chi connectivity index (χ2n) is 4.79. The summed E-state index contributed by atoms with van der Waals surface area (Å²) in [6, 6.07) is 6.20. The van der Waals surface area contributed by atoms with Crippen molar-refractivity contribution in [1.29, 1.82) is 0 Å². The van der Waals surface area contributed by atoms with Crippen LogP contribution in [0.15, 0.2) is 30.5 Å². The molecule has 1 atom stereocenters. The number of nitrogens with zero attached hydrogens (tertiary/aromatic N) is 1. The largest absolute Gasteiger partial charge is 0.448 e. The fraction of sp³-hybridized carbons (Fsp3) is 0.200. The summed E-state index contributed by atoms with van der Waals surface area (Å²) in [7, 11) is 1.70. The number of carbonyl (C=O) groups is 2. The molecule has 0 aliphatic heterocycles. The van der Waals surface area contributed by atoms with Crippen molar-refractivity contribution in [3.8, 4) is 0 Å². The summed E-state index contributed by atoms with van der Waals surface area (Å²) in [6.07, 6.45) is 0.675. The summed E-state index contributed by atoms with van der Waals surface area (Å²) in [5, 5.41) is 3.26. The highest BCUT2D eigenvalue weighted by molar-refractivity contribution is 6.42. The summed E-state index contributed by atoms with van der Waals surface area (Å²) in [5.74, 6) is -1.16. The summed E-state index contributed by atoms with van der Waals surface area (Å²) < 4.78 is 6.73. The van der Waals surface area contributed by atoms with Gasteiger partial charge in [-0.1, -0.05) is 34.8 Å². The number of carbonyl (C=O) groups excluding carboxylic acids is 2. The first-order chi connectivity index (χ1) is 10.8. The first kappa shape index (κ1) is 17.7. The van der Waals surface area contributed by atoms with Crippen molar-refractivity contribution in [2.45, 2.75) is 13.0 Å². The van der Waals surface area contributed by atoms with Gasteiger partial charge in [0.1, 0.15) is 5.69 Å². The lowest BCUT2D eigenvalue weighted by Gasteiger charge is -2.15. The molecule has 0 spiro atoms. The van der Waals surface area contributed by atoms with Crippen LogP contribution >= 0.6 is 34.8 Å². The quantitative estimate of drug-likeness (QED) is 0.816. The zero-order valence-electron chi connectivity index (χ0n) is 12.3. The van der Waals surface area contributed by atoms with Gasteiger partial charge in [-0.05, 0) is 31.2 Å². The molecule has 23 heavy (non-hydrogen) atoms. The van der Waals surface area contributed by atoms with Gasteiger partial charge in [-0.15, -0.1) is 0 Å². The molecule has 0 bridgehead atoms. The molecule has 1 aromatic carbocycles. The number of aromatic nitrogens is 1. The Morgan fingerprint density at radius 3 is 2.35 bits per heavy atom. The summed E-state index contributed by atoms with van der Waals surface area (Å²) in [6.45, 7) is 1.45.